The highest BCUT2D eigenvalue weighted by Gasteiger charge is 2.22. The number of aromatic nitrogens is 1. The highest BCUT2D eigenvalue weighted by Crippen LogP contribution is 2.35. The summed E-state index contributed by atoms with van der Waals surface area (Å²) in [5.74, 6) is 0.0433. The Balaban J connectivity index is 1.51. The van der Waals surface area contributed by atoms with Crippen LogP contribution in [0.3, 0.4) is 0 Å². The van der Waals surface area contributed by atoms with Gasteiger partial charge in [0.25, 0.3) is 5.91 Å². The summed E-state index contributed by atoms with van der Waals surface area (Å²) in [6.45, 7) is 2.82. The van der Waals surface area contributed by atoms with Crippen LogP contribution in [0.4, 0.5) is 0 Å². The van der Waals surface area contributed by atoms with Crippen LogP contribution < -0.4 is 5.32 Å². The summed E-state index contributed by atoms with van der Waals surface area (Å²) in [4.78, 5) is 19.1. The van der Waals surface area contributed by atoms with E-state index >= 15 is 0 Å². The number of fused-ring (bicyclic) bond motifs is 2. The summed E-state index contributed by atoms with van der Waals surface area (Å²) in [7, 11) is 2.16. The second kappa shape index (κ2) is 6.46. The molecule has 0 saturated carbocycles. The number of hydrogen-bond donors (Lipinski definition) is 1. The molecule has 27 heavy (non-hydrogen) atoms. The molecule has 0 bridgehead atoms. The second-order valence-corrected chi connectivity index (χ2v) is 7.66. The van der Waals surface area contributed by atoms with Crippen LogP contribution in [0.25, 0.3) is 11.1 Å². The van der Waals surface area contributed by atoms with Crippen molar-refractivity contribution in [3.63, 3.8) is 0 Å². The normalized spacial score (nSPS) is 19.1. The first-order valence-electron chi connectivity index (χ1n) is 9.68. The third kappa shape index (κ3) is 2.90. The molecule has 3 heterocycles. The number of hydrogen-bond acceptors (Lipinski definition) is 3. The van der Waals surface area contributed by atoms with Gasteiger partial charge in [0, 0.05) is 43.4 Å². The fourth-order valence-corrected chi connectivity index (χ4v) is 4.28. The Kier molecular flexibility index (Phi) is 3.94. The molecular weight excluding hydrogens is 334 g/mol. The molecule has 3 aliphatic rings. The third-order valence-electron chi connectivity index (χ3n) is 5.88. The fraction of sp³-hybridized carbons (Fsp3) is 0.304. The average molecular weight is 357 g/mol. The van der Waals surface area contributed by atoms with Gasteiger partial charge in [0.2, 0.25) is 0 Å². The van der Waals surface area contributed by atoms with Gasteiger partial charge < -0.3 is 10.2 Å². The minimum atomic E-state index is 0.0433. The van der Waals surface area contributed by atoms with Crippen molar-refractivity contribution < 1.29 is 4.79 Å². The SMILES string of the molecule is CN1CC=C(c2cnc3c(c2)C(c2ccc4c(c2)CCNC4=O)=CC3)CC1. The summed E-state index contributed by atoms with van der Waals surface area (Å²) >= 11 is 0. The minimum absolute atomic E-state index is 0.0433. The number of benzene rings is 1. The van der Waals surface area contributed by atoms with E-state index in [4.69, 9.17) is 4.98 Å². The predicted molar refractivity (Wildman–Crippen MR) is 108 cm³/mol. The summed E-state index contributed by atoms with van der Waals surface area (Å²) in [5.41, 5.74) is 9.44. The molecule has 0 saturated heterocycles. The van der Waals surface area contributed by atoms with Crippen molar-refractivity contribution in [1.29, 1.82) is 0 Å². The van der Waals surface area contributed by atoms with Crippen molar-refractivity contribution in [1.82, 2.24) is 15.2 Å². The molecule has 136 valence electrons. The Hall–Kier alpha value is -2.72. The van der Waals surface area contributed by atoms with Crippen molar-refractivity contribution in [2.24, 2.45) is 0 Å². The van der Waals surface area contributed by atoms with Crippen molar-refractivity contribution in [3.05, 3.63) is 76.1 Å². The Morgan fingerprint density at radius 3 is 2.85 bits per heavy atom. The zero-order valence-corrected chi connectivity index (χ0v) is 15.6. The first kappa shape index (κ1) is 16.5. The van der Waals surface area contributed by atoms with Crippen LogP contribution in [0.1, 0.15) is 44.7 Å². The van der Waals surface area contributed by atoms with Crippen molar-refractivity contribution in [2.75, 3.05) is 26.7 Å². The molecule has 4 nitrogen and oxygen atoms in total. The molecule has 0 spiro atoms. The highest BCUT2D eigenvalue weighted by atomic mass is 16.1. The van der Waals surface area contributed by atoms with Crippen molar-refractivity contribution in [2.45, 2.75) is 19.3 Å². The maximum Gasteiger partial charge on any atom is 0.251 e. The van der Waals surface area contributed by atoms with Gasteiger partial charge >= 0.3 is 0 Å². The van der Waals surface area contributed by atoms with E-state index in [-0.39, 0.29) is 5.91 Å². The van der Waals surface area contributed by atoms with Crippen LogP contribution in [0, 0.1) is 0 Å². The van der Waals surface area contributed by atoms with E-state index < -0.39 is 0 Å². The van der Waals surface area contributed by atoms with Gasteiger partial charge in [-0.05, 0) is 59.9 Å². The molecule has 1 amide bonds. The number of allylic oxidation sites excluding steroid dienone is 1. The molecule has 0 unspecified atom stereocenters. The van der Waals surface area contributed by atoms with Gasteiger partial charge in [-0.3, -0.25) is 9.78 Å². The van der Waals surface area contributed by atoms with Gasteiger partial charge in [-0.15, -0.1) is 0 Å². The molecule has 1 aromatic heterocycles. The second-order valence-electron chi connectivity index (χ2n) is 7.66. The van der Waals surface area contributed by atoms with Crippen LogP contribution in [0.2, 0.25) is 0 Å². The molecular formula is C23H23N3O. The Labute approximate surface area is 159 Å². The minimum Gasteiger partial charge on any atom is -0.352 e. The van der Waals surface area contributed by atoms with Gasteiger partial charge in [-0.25, -0.2) is 0 Å². The van der Waals surface area contributed by atoms with Crippen LogP contribution in [-0.4, -0.2) is 42.5 Å². The Bertz CT molecular complexity index is 1000. The molecule has 1 aromatic carbocycles. The van der Waals surface area contributed by atoms with E-state index in [2.05, 4.69) is 47.6 Å². The van der Waals surface area contributed by atoms with Crippen LogP contribution in [0.15, 0.2) is 42.6 Å². The summed E-state index contributed by atoms with van der Waals surface area (Å²) in [6, 6.07) is 8.54. The number of nitrogens with one attached hydrogen (secondary N) is 1. The first-order valence-corrected chi connectivity index (χ1v) is 9.68. The number of nitrogens with zero attached hydrogens (tertiary/aromatic N) is 2. The summed E-state index contributed by atoms with van der Waals surface area (Å²) < 4.78 is 0. The standard InChI is InChI=1S/C23H23N3O/c1-26-10-7-15(8-11-26)18-13-21-19(4-5-22(21)25-14-18)16-2-3-20-17(12-16)6-9-24-23(20)27/h2-4,7,12-14H,5-6,8-11H2,1H3,(H,24,27). The molecule has 5 rings (SSSR count). The zero-order chi connectivity index (χ0) is 18.4. The molecule has 2 aromatic rings. The molecule has 4 heteroatoms. The zero-order valence-electron chi connectivity index (χ0n) is 15.6. The maximum absolute atomic E-state index is 12.0. The van der Waals surface area contributed by atoms with Gasteiger partial charge in [-0.1, -0.05) is 24.3 Å². The van der Waals surface area contributed by atoms with Gasteiger partial charge in [0.05, 0.1) is 5.69 Å². The van der Waals surface area contributed by atoms with Crippen molar-refractivity contribution in [3.8, 4) is 0 Å². The lowest BCUT2D eigenvalue weighted by Crippen LogP contribution is -2.31. The fourth-order valence-electron chi connectivity index (χ4n) is 4.28. The third-order valence-corrected chi connectivity index (χ3v) is 5.88. The van der Waals surface area contributed by atoms with Gasteiger partial charge in [0.15, 0.2) is 0 Å². The molecule has 0 radical (unpaired) electrons. The molecule has 0 atom stereocenters. The van der Waals surface area contributed by atoms with E-state index in [0.29, 0.717) is 0 Å². The van der Waals surface area contributed by atoms with E-state index in [9.17, 15) is 4.79 Å². The monoisotopic (exact) mass is 357 g/mol. The maximum atomic E-state index is 12.0. The average Bonchev–Trinajstić information content (AvgIpc) is 3.12. The first-order chi connectivity index (χ1) is 13.2. The Morgan fingerprint density at radius 1 is 1.07 bits per heavy atom. The lowest BCUT2D eigenvalue weighted by atomic mass is 9.92. The molecule has 1 aliphatic carbocycles. The smallest absolute Gasteiger partial charge is 0.251 e. The number of likely N-dealkylation sites (N-methyl/N-ethyl adjacent to an activating group) is 1. The lowest BCUT2D eigenvalue weighted by molar-refractivity contribution is 0.0946. The van der Waals surface area contributed by atoms with E-state index in [0.717, 1.165) is 55.7 Å². The summed E-state index contributed by atoms with van der Waals surface area (Å²) in [5, 5.41) is 2.92. The summed E-state index contributed by atoms with van der Waals surface area (Å²) in [6.07, 6.45) is 9.48. The number of carbonyl (C=O) groups is 1. The topological polar surface area (TPSA) is 45.2 Å². The molecule has 0 fully saturated rings. The quantitative estimate of drug-likeness (QED) is 0.898. The lowest BCUT2D eigenvalue weighted by Gasteiger charge is -2.22. The number of amides is 1. The van der Waals surface area contributed by atoms with Gasteiger partial charge in [0.1, 0.15) is 0 Å². The van der Waals surface area contributed by atoms with Crippen LogP contribution in [0.5, 0.6) is 0 Å². The number of rotatable bonds is 2. The molecule has 2 aliphatic heterocycles. The number of pyridine rings is 1. The predicted octanol–water partition coefficient (Wildman–Crippen LogP) is 3.07. The van der Waals surface area contributed by atoms with Crippen molar-refractivity contribution >= 4 is 17.1 Å². The highest BCUT2D eigenvalue weighted by molar-refractivity contribution is 5.97. The largest absolute Gasteiger partial charge is 0.352 e. The van der Waals surface area contributed by atoms with E-state index in [1.807, 2.05) is 12.3 Å². The molecule has 1 N–H and O–H groups in total. The van der Waals surface area contributed by atoms with Gasteiger partial charge in [-0.2, -0.15) is 0 Å². The Morgan fingerprint density at radius 2 is 2.00 bits per heavy atom. The van der Waals surface area contributed by atoms with Crippen LogP contribution in [-0.2, 0) is 12.8 Å². The van der Waals surface area contributed by atoms with E-state index in [1.165, 1.54) is 27.8 Å². The van der Waals surface area contributed by atoms with Crippen LogP contribution >= 0.6 is 0 Å². The van der Waals surface area contributed by atoms with E-state index in [1.54, 1.807) is 0 Å². The number of carbonyl (C=O) groups excluding carboxylic acids is 1.